The minimum atomic E-state index is -0.0515. The lowest BCUT2D eigenvalue weighted by atomic mass is 10.1. The van der Waals surface area contributed by atoms with Gasteiger partial charge in [-0.15, -0.1) is 27.8 Å². The number of aryl methyl sites for hydroxylation is 1. The van der Waals surface area contributed by atoms with E-state index in [0.29, 0.717) is 18.5 Å². The van der Waals surface area contributed by atoms with Crippen LogP contribution in [0.15, 0.2) is 47.2 Å². The van der Waals surface area contributed by atoms with E-state index in [1.165, 1.54) is 0 Å². The Hall–Kier alpha value is -2.51. The summed E-state index contributed by atoms with van der Waals surface area (Å²) in [6.45, 7) is 2.57. The monoisotopic (exact) mass is 368 g/mol. The molecule has 4 rings (SSSR count). The molecule has 0 bridgehead atoms. The molecule has 25 heavy (non-hydrogen) atoms. The van der Waals surface area contributed by atoms with Gasteiger partial charge in [-0.05, 0) is 30.5 Å². The predicted octanol–water partition coefficient (Wildman–Crippen LogP) is 3.80. The molecule has 3 heterocycles. The molecule has 126 valence electrons. The van der Waals surface area contributed by atoms with Crippen molar-refractivity contribution in [2.24, 2.45) is 0 Å². The summed E-state index contributed by atoms with van der Waals surface area (Å²) in [7, 11) is 0. The molecule has 0 aliphatic rings. The highest BCUT2D eigenvalue weighted by Crippen LogP contribution is 2.24. The van der Waals surface area contributed by atoms with Crippen molar-refractivity contribution in [1.29, 1.82) is 0 Å². The number of hydrogen-bond donors (Lipinski definition) is 1. The second kappa shape index (κ2) is 6.78. The summed E-state index contributed by atoms with van der Waals surface area (Å²) in [5, 5.41) is 11.6. The number of fused-ring (bicyclic) bond motifs is 1. The van der Waals surface area contributed by atoms with E-state index in [2.05, 4.69) is 15.4 Å². The number of amides is 1. The Morgan fingerprint density at radius 2 is 2.04 bits per heavy atom. The summed E-state index contributed by atoms with van der Waals surface area (Å²) in [4.78, 5) is 18.7. The molecule has 0 aliphatic heterocycles. The van der Waals surface area contributed by atoms with Gasteiger partial charge in [-0.1, -0.05) is 23.8 Å². The summed E-state index contributed by atoms with van der Waals surface area (Å²) in [6, 6.07) is 11.6. The molecule has 0 spiro atoms. The standard InChI is InChI=1S/C18H16N4OS2/c1-12-4-6-13(7-5-12)17(23)19-9-8-14-11-25-18-20-16(21-22(14)18)15-3-2-10-24-15/h2-7,10-11H,8-9H2,1H3,(H,19,23). The highest BCUT2D eigenvalue weighted by Gasteiger charge is 2.12. The van der Waals surface area contributed by atoms with Crippen LogP contribution in [0.25, 0.3) is 15.7 Å². The van der Waals surface area contributed by atoms with Gasteiger partial charge in [0.25, 0.3) is 5.91 Å². The first-order valence-corrected chi connectivity index (χ1v) is 9.68. The van der Waals surface area contributed by atoms with Crippen LogP contribution in [0.1, 0.15) is 21.6 Å². The Morgan fingerprint density at radius 1 is 1.20 bits per heavy atom. The van der Waals surface area contributed by atoms with E-state index in [4.69, 9.17) is 0 Å². The number of benzene rings is 1. The van der Waals surface area contributed by atoms with Crippen molar-refractivity contribution in [2.45, 2.75) is 13.3 Å². The molecule has 0 saturated heterocycles. The SMILES string of the molecule is Cc1ccc(C(=O)NCCc2csc3nc(-c4cccs4)nn23)cc1. The molecule has 0 fully saturated rings. The van der Waals surface area contributed by atoms with Crippen molar-refractivity contribution in [3.05, 3.63) is 64.0 Å². The molecule has 3 aromatic heterocycles. The topological polar surface area (TPSA) is 59.3 Å². The van der Waals surface area contributed by atoms with Gasteiger partial charge in [-0.2, -0.15) is 4.98 Å². The average Bonchev–Trinajstić information content (AvgIpc) is 3.33. The first-order chi connectivity index (χ1) is 12.2. The molecule has 1 amide bonds. The van der Waals surface area contributed by atoms with Crippen LogP contribution in [0.4, 0.5) is 0 Å². The van der Waals surface area contributed by atoms with Crippen LogP contribution in [0.5, 0.6) is 0 Å². The molecular weight excluding hydrogens is 352 g/mol. The third kappa shape index (κ3) is 3.33. The maximum atomic E-state index is 12.2. The zero-order chi connectivity index (χ0) is 17.2. The summed E-state index contributed by atoms with van der Waals surface area (Å²) < 4.78 is 1.87. The maximum absolute atomic E-state index is 12.2. The number of carbonyl (C=O) groups excluding carboxylic acids is 1. The summed E-state index contributed by atoms with van der Waals surface area (Å²) in [5.74, 6) is 0.705. The number of nitrogens with one attached hydrogen (secondary N) is 1. The Kier molecular flexibility index (Phi) is 4.33. The number of thiazole rings is 1. The van der Waals surface area contributed by atoms with E-state index in [0.717, 1.165) is 26.9 Å². The minimum absolute atomic E-state index is 0.0515. The fraction of sp³-hybridized carbons (Fsp3) is 0.167. The Balaban J connectivity index is 1.42. The smallest absolute Gasteiger partial charge is 0.251 e. The number of aromatic nitrogens is 3. The van der Waals surface area contributed by atoms with Gasteiger partial charge in [-0.25, -0.2) is 4.52 Å². The molecular formula is C18H16N4OS2. The van der Waals surface area contributed by atoms with Gasteiger partial charge in [0.15, 0.2) is 5.82 Å². The number of carbonyl (C=O) groups is 1. The van der Waals surface area contributed by atoms with Crippen LogP contribution in [0.3, 0.4) is 0 Å². The third-order valence-corrected chi connectivity index (χ3v) is 5.60. The Labute approximate surface area is 153 Å². The van der Waals surface area contributed by atoms with E-state index in [9.17, 15) is 4.79 Å². The van der Waals surface area contributed by atoms with Gasteiger partial charge in [0, 0.05) is 23.9 Å². The normalized spacial score (nSPS) is 11.1. The van der Waals surface area contributed by atoms with Crippen molar-refractivity contribution < 1.29 is 4.79 Å². The summed E-state index contributed by atoms with van der Waals surface area (Å²) >= 11 is 3.20. The number of rotatable bonds is 5. The molecule has 0 saturated carbocycles. The van der Waals surface area contributed by atoms with E-state index >= 15 is 0 Å². The van der Waals surface area contributed by atoms with Crippen LogP contribution in [0, 0.1) is 6.92 Å². The quantitative estimate of drug-likeness (QED) is 0.583. The Bertz CT molecular complexity index is 1000. The van der Waals surface area contributed by atoms with Crippen LogP contribution >= 0.6 is 22.7 Å². The van der Waals surface area contributed by atoms with Gasteiger partial charge in [-0.3, -0.25) is 4.79 Å². The second-order valence-corrected chi connectivity index (χ2v) is 7.49. The molecule has 1 N–H and O–H groups in total. The summed E-state index contributed by atoms with van der Waals surface area (Å²) in [5.41, 5.74) is 2.88. The molecule has 0 radical (unpaired) electrons. The zero-order valence-electron chi connectivity index (χ0n) is 13.6. The lowest BCUT2D eigenvalue weighted by molar-refractivity contribution is 0.0954. The van der Waals surface area contributed by atoms with E-state index in [-0.39, 0.29) is 5.91 Å². The van der Waals surface area contributed by atoms with Gasteiger partial charge in [0.1, 0.15) is 0 Å². The minimum Gasteiger partial charge on any atom is -0.352 e. The van der Waals surface area contributed by atoms with Crippen LogP contribution < -0.4 is 5.32 Å². The number of nitrogens with zero attached hydrogens (tertiary/aromatic N) is 3. The highest BCUT2D eigenvalue weighted by atomic mass is 32.1. The molecule has 0 unspecified atom stereocenters. The van der Waals surface area contributed by atoms with Crippen molar-refractivity contribution in [3.8, 4) is 10.7 Å². The molecule has 7 heteroatoms. The zero-order valence-corrected chi connectivity index (χ0v) is 15.2. The third-order valence-electron chi connectivity index (χ3n) is 3.87. The number of hydrogen-bond acceptors (Lipinski definition) is 5. The van der Waals surface area contributed by atoms with Crippen molar-refractivity contribution >= 4 is 33.5 Å². The molecule has 4 aromatic rings. The average molecular weight is 368 g/mol. The maximum Gasteiger partial charge on any atom is 0.251 e. The van der Waals surface area contributed by atoms with Crippen molar-refractivity contribution in [3.63, 3.8) is 0 Å². The van der Waals surface area contributed by atoms with E-state index < -0.39 is 0 Å². The molecule has 5 nitrogen and oxygen atoms in total. The lowest BCUT2D eigenvalue weighted by Crippen LogP contribution is -2.25. The highest BCUT2D eigenvalue weighted by molar-refractivity contribution is 7.15. The Morgan fingerprint density at radius 3 is 2.80 bits per heavy atom. The first-order valence-electron chi connectivity index (χ1n) is 7.92. The second-order valence-electron chi connectivity index (χ2n) is 5.71. The van der Waals surface area contributed by atoms with Gasteiger partial charge < -0.3 is 5.32 Å². The van der Waals surface area contributed by atoms with Crippen LogP contribution in [0.2, 0.25) is 0 Å². The molecule has 1 aromatic carbocycles. The van der Waals surface area contributed by atoms with Gasteiger partial charge in [0.05, 0.1) is 10.6 Å². The van der Waals surface area contributed by atoms with Crippen LogP contribution in [-0.4, -0.2) is 27.0 Å². The van der Waals surface area contributed by atoms with Crippen LogP contribution in [-0.2, 0) is 6.42 Å². The summed E-state index contributed by atoms with van der Waals surface area (Å²) in [6.07, 6.45) is 0.713. The lowest BCUT2D eigenvalue weighted by Gasteiger charge is -2.05. The fourth-order valence-electron chi connectivity index (χ4n) is 2.52. The largest absolute Gasteiger partial charge is 0.352 e. The van der Waals surface area contributed by atoms with Gasteiger partial charge in [0.2, 0.25) is 4.96 Å². The number of thiophene rings is 1. The van der Waals surface area contributed by atoms with Crippen molar-refractivity contribution in [2.75, 3.05) is 6.54 Å². The van der Waals surface area contributed by atoms with Crippen molar-refractivity contribution in [1.82, 2.24) is 19.9 Å². The fourth-order valence-corrected chi connectivity index (χ4v) is 4.03. The van der Waals surface area contributed by atoms with E-state index in [1.54, 1.807) is 22.7 Å². The van der Waals surface area contributed by atoms with Gasteiger partial charge >= 0.3 is 0 Å². The first kappa shape index (κ1) is 16.0. The van der Waals surface area contributed by atoms with E-state index in [1.807, 2.05) is 58.6 Å². The predicted molar refractivity (Wildman–Crippen MR) is 101 cm³/mol. The molecule has 0 aliphatic carbocycles. The molecule has 0 atom stereocenters.